The van der Waals surface area contributed by atoms with Crippen LogP contribution in [0.1, 0.15) is 29.6 Å². The van der Waals surface area contributed by atoms with E-state index in [0.29, 0.717) is 12.8 Å². The van der Waals surface area contributed by atoms with Gasteiger partial charge in [-0.05, 0) is 37.5 Å². The largest absolute Gasteiger partial charge is 0.491 e. The second kappa shape index (κ2) is 7.16. The number of ether oxygens (including phenoxy) is 1. The third-order valence-electron chi connectivity index (χ3n) is 3.69. The summed E-state index contributed by atoms with van der Waals surface area (Å²) < 4.78 is 58.1. The Bertz CT molecular complexity index is 563. The number of hydrogen-bond acceptors (Lipinski definition) is 3. The number of alkyl halides is 3. The molecule has 0 spiro atoms. The average molecular weight is 334 g/mol. The molecule has 0 radical (unpaired) electrons. The van der Waals surface area contributed by atoms with E-state index in [0.717, 1.165) is 17.0 Å². The van der Waals surface area contributed by atoms with Crippen molar-refractivity contribution in [2.75, 3.05) is 19.7 Å². The van der Waals surface area contributed by atoms with Gasteiger partial charge in [0.05, 0.1) is 5.56 Å². The SMILES string of the molecule is NCCOc1ccc(F)cc1C(=O)N1CCCCC1C(F)(F)F. The molecule has 1 saturated heterocycles. The number of likely N-dealkylation sites (tertiary alicyclic amines) is 1. The molecule has 0 aliphatic carbocycles. The smallest absolute Gasteiger partial charge is 0.408 e. The molecule has 1 aromatic rings. The van der Waals surface area contributed by atoms with Gasteiger partial charge in [-0.15, -0.1) is 0 Å². The molecular weight excluding hydrogens is 316 g/mol. The van der Waals surface area contributed by atoms with E-state index in [9.17, 15) is 22.4 Å². The van der Waals surface area contributed by atoms with E-state index >= 15 is 0 Å². The van der Waals surface area contributed by atoms with Crippen LogP contribution in [0.2, 0.25) is 0 Å². The molecule has 4 nitrogen and oxygen atoms in total. The molecule has 1 atom stereocenters. The predicted molar refractivity (Wildman–Crippen MR) is 75.7 cm³/mol. The summed E-state index contributed by atoms with van der Waals surface area (Å²) in [5.74, 6) is -1.55. The monoisotopic (exact) mass is 334 g/mol. The summed E-state index contributed by atoms with van der Waals surface area (Å²) in [5.41, 5.74) is 5.10. The highest BCUT2D eigenvalue weighted by atomic mass is 19.4. The highest BCUT2D eigenvalue weighted by Crippen LogP contribution is 2.34. The van der Waals surface area contributed by atoms with Gasteiger partial charge in [0, 0.05) is 13.1 Å². The summed E-state index contributed by atoms with van der Waals surface area (Å²) >= 11 is 0. The van der Waals surface area contributed by atoms with Gasteiger partial charge >= 0.3 is 6.18 Å². The molecule has 0 saturated carbocycles. The fourth-order valence-electron chi connectivity index (χ4n) is 2.63. The molecular formula is C15H18F4N2O2. The van der Waals surface area contributed by atoms with E-state index in [1.54, 1.807) is 0 Å². The first-order chi connectivity index (χ1) is 10.8. The number of rotatable bonds is 4. The quantitative estimate of drug-likeness (QED) is 0.862. The fourth-order valence-corrected chi connectivity index (χ4v) is 2.63. The van der Waals surface area contributed by atoms with E-state index < -0.39 is 23.9 Å². The molecule has 8 heteroatoms. The van der Waals surface area contributed by atoms with Crippen LogP contribution >= 0.6 is 0 Å². The molecule has 2 N–H and O–H groups in total. The first-order valence-electron chi connectivity index (χ1n) is 7.34. The van der Waals surface area contributed by atoms with Gasteiger partial charge in [0.25, 0.3) is 5.91 Å². The molecule has 0 aromatic heterocycles. The molecule has 1 aliphatic rings. The second-order valence-electron chi connectivity index (χ2n) is 5.33. The fraction of sp³-hybridized carbons (Fsp3) is 0.533. The number of benzene rings is 1. The van der Waals surface area contributed by atoms with Gasteiger partial charge in [0.2, 0.25) is 0 Å². The van der Waals surface area contributed by atoms with Crippen molar-refractivity contribution in [3.8, 4) is 5.75 Å². The Hall–Kier alpha value is -1.83. The highest BCUT2D eigenvalue weighted by molar-refractivity contribution is 5.97. The number of nitrogens with two attached hydrogens (primary N) is 1. The van der Waals surface area contributed by atoms with Gasteiger partial charge in [0.15, 0.2) is 0 Å². The average Bonchev–Trinajstić information content (AvgIpc) is 2.52. The summed E-state index contributed by atoms with van der Waals surface area (Å²) in [6, 6.07) is 1.36. The van der Waals surface area contributed by atoms with Gasteiger partial charge in [-0.2, -0.15) is 13.2 Å². The van der Waals surface area contributed by atoms with Crippen molar-refractivity contribution in [1.29, 1.82) is 0 Å². The minimum absolute atomic E-state index is 0.0180. The lowest BCUT2D eigenvalue weighted by atomic mass is 10.00. The summed E-state index contributed by atoms with van der Waals surface area (Å²) in [5, 5.41) is 0. The van der Waals surface area contributed by atoms with Crippen LogP contribution in [-0.2, 0) is 0 Å². The van der Waals surface area contributed by atoms with E-state index in [1.165, 1.54) is 6.07 Å². The van der Waals surface area contributed by atoms with Crippen molar-refractivity contribution in [2.45, 2.75) is 31.5 Å². The molecule has 128 valence electrons. The van der Waals surface area contributed by atoms with Crippen molar-refractivity contribution < 1.29 is 27.1 Å². The zero-order valence-electron chi connectivity index (χ0n) is 12.4. The molecule has 1 aliphatic heterocycles. The van der Waals surface area contributed by atoms with E-state index in [2.05, 4.69) is 0 Å². The molecule has 2 rings (SSSR count). The van der Waals surface area contributed by atoms with Crippen LogP contribution in [0.5, 0.6) is 5.75 Å². The summed E-state index contributed by atoms with van der Waals surface area (Å²) in [6.45, 7) is 0.227. The number of nitrogens with zero attached hydrogens (tertiary/aromatic N) is 1. The zero-order valence-corrected chi connectivity index (χ0v) is 12.4. The Balaban J connectivity index is 2.32. The van der Waals surface area contributed by atoms with Crippen LogP contribution in [0, 0.1) is 5.82 Å². The van der Waals surface area contributed by atoms with Gasteiger partial charge in [-0.1, -0.05) is 0 Å². The zero-order chi connectivity index (χ0) is 17.0. The molecule has 1 heterocycles. The number of carbonyl (C=O) groups is 1. The third kappa shape index (κ3) is 4.13. The first kappa shape index (κ1) is 17.5. The van der Waals surface area contributed by atoms with E-state index in [4.69, 9.17) is 10.5 Å². The topological polar surface area (TPSA) is 55.6 Å². The maximum atomic E-state index is 13.5. The van der Waals surface area contributed by atoms with Crippen molar-refractivity contribution >= 4 is 5.91 Å². The lowest BCUT2D eigenvalue weighted by Gasteiger charge is -2.37. The van der Waals surface area contributed by atoms with Crippen molar-refractivity contribution in [1.82, 2.24) is 4.90 Å². The van der Waals surface area contributed by atoms with Crippen LogP contribution in [0.25, 0.3) is 0 Å². The second-order valence-corrected chi connectivity index (χ2v) is 5.33. The number of amides is 1. The maximum absolute atomic E-state index is 13.5. The Morgan fingerprint density at radius 2 is 2.09 bits per heavy atom. The third-order valence-corrected chi connectivity index (χ3v) is 3.69. The molecule has 1 amide bonds. The standard InChI is InChI=1S/C15H18F4N2O2/c16-10-4-5-12(23-8-6-20)11(9-10)14(22)21-7-2-1-3-13(21)15(17,18)19/h4-5,9,13H,1-3,6-8,20H2. The van der Waals surface area contributed by atoms with Gasteiger partial charge in [0.1, 0.15) is 24.2 Å². The molecule has 1 aromatic carbocycles. The van der Waals surface area contributed by atoms with E-state index in [-0.39, 0.29) is 37.4 Å². The first-order valence-corrected chi connectivity index (χ1v) is 7.34. The molecule has 23 heavy (non-hydrogen) atoms. The lowest BCUT2D eigenvalue weighted by molar-refractivity contribution is -0.183. The summed E-state index contributed by atoms with van der Waals surface area (Å²) in [7, 11) is 0. The number of piperidine rings is 1. The minimum atomic E-state index is -4.51. The van der Waals surface area contributed by atoms with Gasteiger partial charge < -0.3 is 15.4 Å². The van der Waals surface area contributed by atoms with Crippen LogP contribution < -0.4 is 10.5 Å². The van der Waals surface area contributed by atoms with Crippen LogP contribution in [0.15, 0.2) is 18.2 Å². The molecule has 1 fully saturated rings. The number of halogens is 4. The Kier molecular flexibility index (Phi) is 5.46. The maximum Gasteiger partial charge on any atom is 0.408 e. The predicted octanol–water partition coefficient (Wildman–Crippen LogP) is 2.72. The minimum Gasteiger partial charge on any atom is -0.491 e. The number of hydrogen-bond donors (Lipinski definition) is 1. The van der Waals surface area contributed by atoms with Crippen LogP contribution in [0.3, 0.4) is 0 Å². The van der Waals surface area contributed by atoms with Gasteiger partial charge in [-0.25, -0.2) is 4.39 Å². The summed E-state index contributed by atoms with van der Waals surface area (Å²) in [6.07, 6.45) is -3.79. The van der Waals surface area contributed by atoms with Crippen molar-refractivity contribution in [3.05, 3.63) is 29.6 Å². The van der Waals surface area contributed by atoms with Crippen LogP contribution in [0.4, 0.5) is 17.6 Å². The van der Waals surface area contributed by atoms with E-state index in [1.807, 2.05) is 0 Å². The number of carbonyl (C=O) groups excluding carboxylic acids is 1. The van der Waals surface area contributed by atoms with Gasteiger partial charge in [-0.3, -0.25) is 4.79 Å². The normalized spacial score (nSPS) is 18.8. The van der Waals surface area contributed by atoms with Crippen molar-refractivity contribution in [2.24, 2.45) is 5.73 Å². The lowest BCUT2D eigenvalue weighted by Crippen LogP contribution is -2.51. The van der Waals surface area contributed by atoms with Crippen LogP contribution in [-0.4, -0.2) is 42.7 Å². The Morgan fingerprint density at radius 3 is 2.74 bits per heavy atom. The molecule has 0 bridgehead atoms. The summed E-state index contributed by atoms with van der Waals surface area (Å²) in [4.78, 5) is 13.3. The molecule has 1 unspecified atom stereocenters. The van der Waals surface area contributed by atoms with Crippen molar-refractivity contribution in [3.63, 3.8) is 0 Å². The highest BCUT2D eigenvalue weighted by Gasteiger charge is 2.46. The Morgan fingerprint density at radius 1 is 1.35 bits per heavy atom. The Labute approximate surface area is 131 Å².